The summed E-state index contributed by atoms with van der Waals surface area (Å²) in [6, 6.07) is -0.974. The fourth-order valence-corrected chi connectivity index (χ4v) is 2.01. The highest BCUT2D eigenvalue weighted by molar-refractivity contribution is 5.86. The third-order valence-corrected chi connectivity index (χ3v) is 3.11. The predicted octanol–water partition coefficient (Wildman–Crippen LogP) is 0.738. The van der Waals surface area contributed by atoms with Crippen molar-refractivity contribution in [2.24, 2.45) is 11.7 Å². The number of hydrogen-bond donors (Lipinski definition) is 3. The lowest BCUT2D eigenvalue weighted by atomic mass is 9.87. The molecule has 1 rings (SSSR count). The molecular weight excluding hydrogens is 206 g/mol. The van der Waals surface area contributed by atoms with Gasteiger partial charge in [-0.3, -0.25) is 4.79 Å². The van der Waals surface area contributed by atoms with Crippen molar-refractivity contribution in [2.45, 2.75) is 51.6 Å². The van der Waals surface area contributed by atoms with Crippen LogP contribution in [0.2, 0.25) is 0 Å². The molecule has 0 aliphatic heterocycles. The summed E-state index contributed by atoms with van der Waals surface area (Å²) in [5.41, 5.74) is 4.95. The molecule has 0 aromatic rings. The van der Waals surface area contributed by atoms with Crippen LogP contribution in [0, 0.1) is 5.92 Å². The Morgan fingerprint density at radius 1 is 1.25 bits per heavy atom. The normalized spacial score (nSPS) is 26.9. The van der Waals surface area contributed by atoms with E-state index in [9.17, 15) is 9.59 Å². The van der Waals surface area contributed by atoms with E-state index >= 15 is 0 Å². The van der Waals surface area contributed by atoms with Crippen LogP contribution in [0.25, 0.3) is 0 Å². The van der Waals surface area contributed by atoms with E-state index in [1.54, 1.807) is 6.92 Å². The summed E-state index contributed by atoms with van der Waals surface area (Å²) < 4.78 is 0. The van der Waals surface area contributed by atoms with Crippen LogP contribution in [0.5, 0.6) is 0 Å². The van der Waals surface area contributed by atoms with E-state index in [2.05, 4.69) is 17.6 Å². The van der Waals surface area contributed by atoms with Crippen LogP contribution in [0.3, 0.4) is 0 Å². The molecule has 1 atom stereocenters. The van der Waals surface area contributed by atoms with Crippen LogP contribution in [0.1, 0.15) is 39.5 Å². The van der Waals surface area contributed by atoms with Gasteiger partial charge in [-0.2, -0.15) is 0 Å². The molecule has 0 radical (unpaired) electrons. The van der Waals surface area contributed by atoms with Gasteiger partial charge in [-0.05, 0) is 38.5 Å². The molecular formula is C11H21N3O2. The van der Waals surface area contributed by atoms with E-state index in [0.717, 1.165) is 31.6 Å². The number of rotatable bonds is 3. The Labute approximate surface area is 96.1 Å². The number of hydrogen-bond acceptors (Lipinski definition) is 2. The SMILES string of the molecule is CC1CCC(NC(=O)C(C)NC(N)=O)CC1. The Hall–Kier alpha value is -1.26. The van der Waals surface area contributed by atoms with E-state index in [-0.39, 0.29) is 11.9 Å². The van der Waals surface area contributed by atoms with Gasteiger partial charge in [0.05, 0.1) is 0 Å². The van der Waals surface area contributed by atoms with E-state index in [1.165, 1.54) is 0 Å². The van der Waals surface area contributed by atoms with Crippen molar-refractivity contribution in [3.8, 4) is 0 Å². The number of nitrogens with two attached hydrogens (primary N) is 1. The number of carbonyl (C=O) groups excluding carboxylic acids is 2. The van der Waals surface area contributed by atoms with Crippen LogP contribution in [-0.2, 0) is 4.79 Å². The topological polar surface area (TPSA) is 84.2 Å². The number of nitrogens with one attached hydrogen (secondary N) is 2. The molecule has 5 heteroatoms. The molecule has 16 heavy (non-hydrogen) atoms. The minimum atomic E-state index is -0.667. The van der Waals surface area contributed by atoms with Gasteiger partial charge in [0.25, 0.3) is 0 Å². The molecule has 1 aliphatic rings. The first-order chi connectivity index (χ1) is 7.49. The van der Waals surface area contributed by atoms with E-state index in [4.69, 9.17) is 5.73 Å². The Kier molecular flexibility index (Phi) is 4.58. The Morgan fingerprint density at radius 3 is 2.31 bits per heavy atom. The zero-order chi connectivity index (χ0) is 12.1. The maximum atomic E-state index is 11.6. The summed E-state index contributed by atoms with van der Waals surface area (Å²) in [5, 5.41) is 5.30. The van der Waals surface area contributed by atoms with Crippen molar-refractivity contribution in [3.05, 3.63) is 0 Å². The maximum Gasteiger partial charge on any atom is 0.312 e. The van der Waals surface area contributed by atoms with Crippen LogP contribution in [-0.4, -0.2) is 24.0 Å². The molecule has 0 aromatic carbocycles. The van der Waals surface area contributed by atoms with Crippen LogP contribution >= 0.6 is 0 Å². The van der Waals surface area contributed by atoms with Gasteiger partial charge < -0.3 is 16.4 Å². The fraction of sp³-hybridized carbons (Fsp3) is 0.818. The van der Waals surface area contributed by atoms with Gasteiger partial charge in [0.2, 0.25) is 5.91 Å². The first-order valence-electron chi connectivity index (χ1n) is 5.85. The first-order valence-corrected chi connectivity index (χ1v) is 5.85. The highest BCUT2D eigenvalue weighted by Crippen LogP contribution is 2.23. The number of amides is 3. The Morgan fingerprint density at radius 2 is 1.81 bits per heavy atom. The Balaban J connectivity index is 2.31. The summed E-state index contributed by atoms with van der Waals surface area (Å²) in [4.78, 5) is 22.2. The monoisotopic (exact) mass is 227 g/mol. The summed E-state index contributed by atoms with van der Waals surface area (Å²) in [6.07, 6.45) is 4.36. The third-order valence-electron chi connectivity index (χ3n) is 3.11. The maximum absolute atomic E-state index is 11.6. The minimum Gasteiger partial charge on any atom is -0.352 e. The van der Waals surface area contributed by atoms with Crippen molar-refractivity contribution < 1.29 is 9.59 Å². The van der Waals surface area contributed by atoms with Gasteiger partial charge in [-0.15, -0.1) is 0 Å². The standard InChI is InChI=1S/C11H21N3O2/c1-7-3-5-9(6-4-7)14-10(15)8(2)13-11(12)16/h7-9H,3-6H2,1-2H3,(H,14,15)(H3,12,13,16). The molecule has 0 aromatic heterocycles. The van der Waals surface area contributed by atoms with Gasteiger partial charge in [-0.25, -0.2) is 4.79 Å². The smallest absolute Gasteiger partial charge is 0.312 e. The molecule has 0 heterocycles. The highest BCUT2D eigenvalue weighted by Gasteiger charge is 2.22. The minimum absolute atomic E-state index is 0.154. The molecule has 3 amide bonds. The second-order valence-corrected chi connectivity index (χ2v) is 4.70. The second-order valence-electron chi connectivity index (χ2n) is 4.70. The molecule has 0 bridgehead atoms. The van der Waals surface area contributed by atoms with Gasteiger partial charge in [-0.1, -0.05) is 6.92 Å². The molecule has 1 fully saturated rings. The van der Waals surface area contributed by atoms with Gasteiger partial charge in [0.1, 0.15) is 6.04 Å². The number of primary amides is 1. The van der Waals surface area contributed by atoms with Crippen LogP contribution in [0.4, 0.5) is 4.79 Å². The van der Waals surface area contributed by atoms with Gasteiger partial charge in [0, 0.05) is 6.04 Å². The van der Waals surface area contributed by atoms with Crippen LogP contribution in [0.15, 0.2) is 0 Å². The van der Waals surface area contributed by atoms with E-state index in [0.29, 0.717) is 0 Å². The second kappa shape index (κ2) is 5.72. The quantitative estimate of drug-likeness (QED) is 0.664. The van der Waals surface area contributed by atoms with Crippen molar-refractivity contribution in [1.29, 1.82) is 0 Å². The highest BCUT2D eigenvalue weighted by atomic mass is 16.2. The molecule has 92 valence electrons. The van der Waals surface area contributed by atoms with Crippen LogP contribution < -0.4 is 16.4 Å². The summed E-state index contributed by atoms with van der Waals surface area (Å²) in [5.74, 6) is 0.604. The third kappa shape index (κ3) is 4.08. The van der Waals surface area contributed by atoms with E-state index in [1.807, 2.05) is 0 Å². The lowest BCUT2D eigenvalue weighted by molar-refractivity contribution is -0.123. The van der Waals surface area contributed by atoms with Crippen molar-refractivity contribution in [2.75, 3.05) is 0 Å². The lowest BCUT2D eigenvalue weighted by Crippen LogP contribution is -2.50. The van der Waals surface area contributed by atoms with Gasteiger partial charge in [0.15, 0.2) is 0 Å². The molecule has 1 saturated carbocycles. The average Bonchev–Trinajstić information content (AvgIpc) is 2.20. The fourth-order valence-electron chi connectivity index (χ4n) is 2.01. The zero-order valence-corrected chi connectivity index (χ0v) is 9.95. The Bertz CT molecular complexity index is 260. The summed E-state index contributed by atoms with van der Waals surface area (Å²) in [6.45, 7) is 3.86. The van der Waals surface area contributed by atoms with E-state index < -0.39 is 12.1 Å². The number of carbonyl (C=O) groups is 2. The first kappa shape index (κ1) is 12.8. The summed E-state index contributed by atoms with van der Waals surface area (Å²) in [7, 11) is 0. The molecule has 0 spiro atoms. The molecule has 0 saturated heterocycles. The average molecular weight is 227 g/mol. The summed E-state index contributed by atoms with van der Waals surface area (Å²) >= 11 is 0. The largest absolute Gasteiger partial charge is 0.352 e. The lowest BCUT2D eigenvalue weighted by Gasteiger charge is -2.27. The molecule has 1 aliphatic carbocycles. The van der Waals surface area contributed by atoms with Crippen molar-refractivity contribution in [3.63, 3.8) is 0 Å². The molecule has 4 N–H and O–H groups in total. The van der Waals surface area contributed by atoms with Crippen molar-refractivity contribution in [1.82, 2.24) is 10.6 Å². The van der Waals surface area contributed by atoms with Gasteiger partial charge >= 0.3 is 6.03 Å². The predicted molar refractivity (Wildman–Crippen MR) is 61.7 cm³/mol. The molecule has 1 unspecified atom stereocenters. The zero-order valence-electron chi connectivity index (χ0n) is 9.95. The molecule has 5 nitrogen and oxygen atoms in total. The number of urea groups is 1. The van der Waals surface area contributed by atoms with Crippen molar-refractivity contribution >= 4 is 11.9 Å².